The van der Waals surface area contributed by atoms with E-state index < -0.39 is 11.2 Å². The molecule has 1 aliphatic heterocycles. The van der Waals surface area contributed by atoms with Crippen LogP contribution in [0.15, 0.2) is 146 Å². The van der Waals surface area contributed by atoms with Crippen LogP contribution in [0, 0.1) is 0 Å². The van der Waals surface area contributed by atoms with Gasteiger partial charge < -0.3 is 4.74 Å². The summed E-state index contributed by atoms with van der Waals surface area (Å²) in [5.74, 6) is 0. The van der Waals surface area contributed by atoms with Crippen molar-refractivity contribution in [1.82, 2.24) is 0 Å². The molecule has 35 heavy (non-hydrogen) atoms. The molecule has 0 radical (unpaired) electrons. The summed E-state index contributed by atoms with van der Waals surface area (Å²) in [5.41, 5.74) is 3.37. The Morgan fingerprint density at radius 1 is 0.343 bits per heavy atom. The molecule has 1 aliphatic rings. The van der Waals surface area contributed by atoms with Crippen molar-refractivity contribution in [1.29, 1.82) is 0 Å². The van der Waals surface area contributed by atoms with Crippen LogP contribution in [0.2, 0.25) is 0 Å². The highest BCUT2D eigenvalue weighted by atomic mass is 16.6. The zero-order valence-corrected chi connectivity index (χ0v) is 19.3. The lowest BCUT2D eigenvalue weighted by Crippen LogP contribution is -2.26. The van der Waals surface area contributed by atoms with Crippen molar-refractivity contribution in [2.45, 2.75) is 11.2 Å². The van der Waals surface area contributed by atoms with E-state index in [0.29, 0.717) is 0 Å². The second-order valence-corrected chi connectivity index (χ2v) is 9.25. The second-order valence-electron chi connectivity index (χ2n) is 9.25. The van der Waals surface area contributed by atoms with Crippen molar-refractivity contribution < 1.29 is 4.74 Å². The van der Waals surface area contributed by atoms with Crippen LogP contribution in [-0.2, 0) is 15.9 Å². The fraction of sp³-hybridized carbons (Fsp3) is 0.0588. The molecule has 6 aromatic rings. The number of hydrogen-bond donors (Lipinski definition) is 0. The maximum absolute atomic E-state index is 7.25. The molecular formula is C34H24O. The first-order valence-corrected chi connectivity index (χ1v) is 12.1. The van der Waals surface area contributed by atoms with E-state index in [9.17, 15) is 0 Å². The predicted octanol–water partition coefficient (Wildman–Crippen LogP) is 8.21. The molecule has 0 spiro atoms. The Morgan fingerprint density at radius 2 is 0.714 bits per heavy atom. The van der Waals surface area contributed by atoms with Crippen molar-refractivity contribution in [3.8, 4) is 0 Å². The highest BCUT2D eigenvalue weighted by Gasteiger charge is 2.74. The molecule has 1 heteroatoms. The molecule has 1 nitrogen and oxygen atoms in total. The van der Waals surface area contributed by atoms with E-state index >= 15 is 0 Å². The van der Waals surface area contributed by atoms with Gasteiger partial charge in [-0.25, -0.2) is 0 Å². The normalized spacial score (nSPS) is 21.3. The van der Waals surface area contributed by atoms with Gasteiger partial charge in [0, 0.05) is 0 Å². The number of hydrogen-bond acceptors (Lipinski definition) is 1. The fourth-order valence-corrected chi connectivity index (χ4v) is 5.94. The zero-order chi connectivity index (χ0) is 23.3. The van der Waals surface area contributed by atoms with Crippen molar-refractivity contribution in [2.75, 3.05) is 0 Å². The number of epoxide rings is 1. The van der Waals surface area contributed by atoms with Gasteiger partial charge in [0.05, 0.1) is 0 Å². The van der Waals surface area contributed by atoms with Crippen molar-refractivity contribution in [3.05, 3.63) is 168 Å². The standard InChI is InChI=1S/C34H24O/c1-3-17-27(18-4-1)33(31-23-11-15-25-13-7-9-21-29(25)31)34(35-33,28-19-5-2-6-20-28)32-24-12-16-26-14-8-10-22-30(26)32/h1-24H. The van der Waals surface area contributed by atoms with Crippen molar-refractivity contribution >= 4 is 21.5 Å². The van der Waals surface area contributed by atoms with Crippen LogP contribution in [0.1, 0.15) is 22.3 Å². The van der Waals surface area contributed by atoms with Gasteiger partial charge in [-0.2, -0.15) is 0 Å². The molecule has 1 heterocycles. The lowest BCUT2D eigenvalue weighted by atomic mass is 9.72. The molecule has 1 fully saturated rings. The average Bonchev–Trinajstić information content (AvgIpc) is 3.65. The van der Waals surface area contributed by atoms with E-state index in [2.05, 4.69) is 146 Å². The molecule has 1 saturated heterocycles. The fourth-order valence-electron chi connectivity index (χ4n) is 5.94. The maximum Gasteiger partial charge on any atom is 0.158 e. The van der Waals surface area contributed by atoms with Crippen LogP contribution in [0.25, 0.3) is 21.5 Å². The first-order valence-electron chi connectivity index (χ1n) is 12.1. The Balaban J connectivity index is 1.63. The molecule has 2 atom stereocenters. The van der Waals surface area contributed by atoms with Gasteiger partial charge in [0.2, 0.25) is 0 Å². The molecular weight excluding hydrogens is 424 g/mol. The summed E-state index contributed by atoms with van der Waals surface area (Å²) in [6.45, 7) is 0. The molecule has 0 saturated carbocycles. The van der Waals surface area contributed by atoms with Crippen LogP contribution in [-0.4, -0.2) is 0 Å². The minimum Gasteiger partial charge on any atom is -0.342 e. The zero-order valence-electron chi connectivity index (χ0n) is 19.3. The van der Waals surface area contributed by atoms with Crippen LogP contribution >= 0.6 is 0 Å². The Kier molecular flexibility index (Phi) is 4.42. The molecule has 0 N–H and O–H groups in total. The third kappa shape index (κ3) is 2.79. The third-order valence-electron chi connectivity index (χ3n) is 7.46. The van der Waals surface area contributed by atoms with Gasteiger partial charge in [-0.05, 0) is 43.8 Å². The number of ether oxygens (including phenoxy) is 1. The lowest BCUT2D eigenvalue weighted by Gasteiger charge is -2.25. The van der Waals surface area contributed by atoms with Gasteiger partial charge in [0.15, 0.2) is 11.2 Å². The first kappa shape index (κ1) is 20.2. The Hall–Kier alpha value is -4.20. The smallest absolute Gasteiger partial charge is 0.158 e. The monoisotopic (exact) mass is 448 g/mol. The number of benzene rings is 6. The van der Waals surface area contributed by atoms with Gasteiger partial charge >= 0.3 is 0 Å². The molecule has 0 aromatic heterocycles. The Bertz CT molecular complexity index is 1530. The molecule has 0 aliphatic carbocycles. The van der Waals surface area contributed by atoms with Crippen LogP contribution in [0.5, 0.6) is 0 Å². The molecule has 0 amide bonds. The summed E-state index contributed by atoms with van der Waals surface area (Å²) in [5, 5.41) is 4.88. The van der Waals surface area contributed by atoms with E-state index in [1.54, 1.807) is 0 Å². The highest BCUT2D eigenvalue weighted by molar-refractivity contribution is 5.91. The van der Waals surface area contributed by atoms with Crippen LogP contribution in [0.4, 0.5) is 0 Å². The minimum absolute atomic E-state index is 0.666. The average molecular weight is 449 g/mol. The van der Waals surface area contributed by atoms with Gasteiger partial charge in [-0.3, -0.25) is 0 Å². The number of fused-ring (bicyclic) bond motifs is 2. The third-order valence-corrected chi connectivity index (χ3v) is 7.46. The minimum atomic E-state index is -0.666. The van der Waals surface area contributed by atoms with E-state index in [1.807, 2.05) is 0 Å². The van der Waals surface area contributed by atoms with E-state index in [-0.39, 0.29) is 0 Å². The van der Waals surface area contributed by atoms with Crippen LogP contribution < -0.4 is 0 Å². The van der Waals surface area contributed by atoms with Gasteiger partial charge in [0.25, 0.3) is 0 Å². The summed E-state index contributed by atoms with van der Waals surface area (Å²) in [6, 6.07) is 51.8. The lowest BCUT2D eigenvalue weighted by molar-refractivity contribution is 0.301. The summed E-state index contributed by atoms with van der Waals surface area (Å²) in [7, 11) is 0. The van der Waals surface area contributed by atoms with Gasteiger partial charge in [-0.15, -0.1) is 0 Å². The topological polar surface area (TPSA) is 12.5 Å². The largest absolute Gasteiger partial charge is 0.342 e. The second kappa shape index (κ2) is 7.66. The maximum atomic E-state index is 7.25. The van der Waals surface area contributed by atoms with Gasteiger partial charge in [0.1, 0.15) is 0 Å². The first-order chi connectivity index (χ1) is 17.3. The molecule has 7 rings (SSSR count). The molecule has 0 bridgehead atoms. The number of rotatable bonds is 4. The van der Waals surface area contributed by atoms with E-state index in [1.165, 1.54) is 32.7 Å². The van der Waals surface area contributed by atoms with Crippen molar-refractivity contribution in [3.63, 3.8) is 0 Å². The molecule has 6 aromatic carbocycles. The summed E-state index contributed by atoms with van der Waals surface area (Å²) < 4.78 is 7.25. The molecule has 2 unspecified atom stereocenters. The SMILES string of the molecule is c1ccc(C2(c3cccc4ccccc34)OC2(c2ccccc2)c2cccc3ccccc23)cc1. The Morgan fingerprint density at radius 3 is 1.17 bits per heavy atom. The predicted molar refractivity (Wildman–Crippen MR) is 143 cm³/mol. The van der Waals surface area contributed by atoms with E-state index in [0.717, 1.165) is 11.1 Å². The summed E-state index contributed by atoms with van der Waals surface area (Å²) in [6.07, 6.45) is 0. The summed E-state index contributed by atoms with van der Waals surface area (Å²) in [4.78, 5) is 0. The summed E-state index contributed by atoms with van der Waals surface area (Å²) >= 11 is 0. The van der Waals surface area contributed by atoms with Gasteiger partial charge in [-0.1, -0.05) is 146 Å². The van der Waals surface area contributed by atoms with E-state index in [4.69, 9.17) is 4.74 Å². The van der Waals surface area contributed by atoms with Crippen molar-refractivity contribution in [2.24, 2.45) is 0 Å². The quantitative estimate of drug-likeness (QED) is 0.248. The highest BCUT2D eigenvalue weighted by Crippen LogP contribution is 2.70. The Labute approximate surface area is 205 Å². The molecule has 166 valence electrons. The van der Waals surface area contributed by atoms with Crippen LogP contribution in [0.3, 0.4) is 0 Å².